The summed E-state index contributed by atoms with van der Waals surface area (Å²) in [5, 5.41) is 24.8. The van der Waals surface area contributed by atoms with E-state index in [2.05, 4.69) is 35.1 Å². The van der Waals surface area contributed by atoms with Crippen molar-refractivity contribution >= 4 is 116 Å². The number of carbonyl (C=O) groups is 2. The minimum atomic E-state index is -1.08. The van der Waals surface area contributed by atoms with Crippen LogP contribution in [0.1, 0.15) is 0 Å². The van der Waals surface area contributed by atoms with E-state index < -0.39 is 16.9 Å². The molecule has 0 bridgehead atoms. The molecule has 20 heteroatoms. The molecule has 0 radical (unpaired) electrons. The monoisotopic (exact) mass is 704 g/mol. The van der Waals surface area contributed by atoms with Crippen molar-refractivity contribution in [2.45, 2.75) is 0 Å². The summed E-state index contributed by atoms with van der Waals surface area (Å²) in [5.41, 5.74) is 1.49. The highest BCUT2D eigenvalue weighted by molar-refractivity contribution is 8.18. The molecule has 39 heavy (non-hydrogen) atoms. The van der Waals surface area contributed by atoms with Crippen molar-refractivity contribution in [3.8, 4) is 0 Å². The first-order valence-corrected chi connectivity index (χ1v) is 20.5. The summed E-state index contributed by atoms with van der Waals surface area (Å²) >= 11 is 11.0. The average molecular weight is 705 g/mol. The molecule has 0 saturated carbocycles. The molecule has 0 spiro atoms. The normalized spacial score (nSPS) is 12.2. The summed E-state index contributed by atoms with van der Waals surface area (Å²) in [7, 11) is -1.08. The molecule has 1 unspecified atom stereocenters. The Kier molecular flexibility index (Phi) is 33.2. The van der Waals surface area contributed by atoms with Gasteiger partial charge in [-0.05, 0) is 0 Å². The number of nitrogens with one attached hydrogen (secondary N) is 2. The Balaban J connectivity index is 3.39. The van der Waals surface area contributed by atoms with E-state index in [1.54, 1.807) is 58.8 Å². The zero-order chi connectivity index (χ0) is 28.7. The molecule has 0 aromatic carbocycles. The molecule has 2 amide bonds. The Morgan fingerprint density at radius 1 is 0.821 bits per heavy atom. The first kappa shape index (κ1) is 39.4. The summed E-state index contributed by atoms with van der Waals surface area (Å²) in [5.74, 6) is 4.93. The van der Waals surface area contributed by atoms with E-state index in [1.165, 1.54) is 35.5 Å². The topological polar surface area (TPSA) is 168 Å². The Morgan fingerprint density at radius 2 is 1.49 bits per heavy atom. The zero-order valence-electron chi connectivity index (χ0n) is 21.3. The number of hydrogen-bond donors (Lipinski definition) is 4. The van der Waals surface area contributed by atoms with Gasteiger partial charge >= 0.3 is 6.09 Å². The number of hydrogen-bond acceptors (Lipinski definition) is 17. The second kappa shape index (κ2) is 32.9. The number of nitrogens with zero attached hydrogens (tertiary/aromatic N) is 2. The number of aliphatic hydroxyl groups is 2. The number of aliphatic hydroxyl groups excluding tert-OH is 2. The second-order valence-corrected chi connectivity index (χ2v) is 15.8. The van der Waals surface area contributed by atoms with Gasteiger partial charge in [-0.3, -0.25) is 14.0 Å². The van der Waals surface area contributed by atoms with Crippen LogP contribution in [-0.4, -0.2) is 126 Å². The van der Waals surface area contributed by atoms with Crippen molar-refractivity contribution in [1.82, 2.24) is 10.6 Å². The van der Waals surface area contributed by atoms with Gasteiger partial charge in [-0.15, -0.1) is 47.0 Å². The lowest BCUT2D eigenvalue weighted by Gasteiger charge is -2.05. The van der Waals surface area contributed by atoms with Crippen LogP contribution in [0.2, 0.25) is 0 Å². The molecule has 228 valence electrons. The fourth-order valence-electron chi connectivity index (χ4n) is 1.70. The molecule has 0 rings (SSSR count). The van der Waals surface area contributed by atoms with Gasteiger partial charge in [-0.25, -0.2) is 9.79 Å². The van der Waals surface area contributed by atoms with Crippen LogP contribution in [0.25, 0.3) is 0 Å². The van der Waals surface area contributed by atoms with Gasteiger partial charge < -0.3 is 30.5 Å². The van der Waals surface area contributed by atoms with Crippen LogP contribution in [0, 0.1) is 0 Å². The van der Waals surface area contributed by atoms with Crippen LogP contribution >= 0.6 is 82.3 Å². The lowest BCUT2D eigenvalue weighted by atomic mass is 10.8. The molecule has 0 aromatic heterocycles. The van der Waals surface area contributed by atoms with Gasteiger partial charge in [0.05, 0.1) is 53.1 Å². The van der Waals surface area contributed by atoms with Crippen LogP contribution in [0.4, 0.5) is 9.59 Å². The van der Waals surface area contributed by atoms with E-state index in [4.69, 9.17) is 10.2 Å². The quantitative estimate of drug-likeness (QED) is 0.0246. The van der Waals surface area contributed by atoms with Gasteiger partial charge in [-0.2, -0.15) is 28.4 Å². The fraction of sp³-hybridized carbons (Fsp3) is 0.789. The highest BCUT2D eigenvalue weighted by atomic mass is 32.2. The first-order valence-electron chi connectivity index (χ1n) is 11.2. The molecular formula is C19H36N4O8S8. The Bertz CT molecular complexity index is 685. The van der Waals surface area contributed by atoms with E-state index in [0.29, 0.717) is 29.3 Å². The Morgan fingerprint density at radius 3 is 2.23 bits per heavy atom. The van der Waals surface area contributed by atoms with Gasteiger partial charge in [0, 0.05) is 38.3 Å². The predicted molar refractivity (Wildman–Crippen MR) is 176 cm³/mol. The number of carbonyl (C=O) groups excluding carboxylic acids is 2. The van der Waals surface area contributed by atoms with E-state index in [9.17, 15) is 13.8 Å². The van der Waals surface area contributed by atoms with Crippen molar-refractivity contribution in [2.24, 2.45) is 9.98 Å². The van der Waals surface area contributed by atoms with Gasteiger partial charge in [0.1, 0.15) is 13.2 Å². The lowest BCUT2D eigenvalue weighted by molar-refractivity contribution is -0.221. The third-order valence-corrected chi connectivity index (χ3v) is 11.9. The third-order valence-electron chi connectivity index (χ3n) is 3.24. The van der Waals surface area contributed by atoms with E-state index in [-0.39, 0.29) is 31.7 Å². The number of rotatable bonds is 27. The smallest absolute Gasteiger partial charge is 0.407 e. The minimum absolute atomic E-state index is 0.0180. The van der Waals surface area contributed by atoms with Crippen LogP contribution in [0.5, 0.6) is 0 Å². The average Bonchev–Trinajstić information content (AvgIpc) is 2.93. The van der Waals surface area contributed by atoms with Crippen molar-refractivity contribution in [3.63, 3.8) is 0 Å². The number of alkyl carbamates (subject to hydrolysis) is 1. The molecule has 0 aromatic rings. The molecule has 4 N–H and O–H groups in total. The summed E-state index contributed by atoms with van der Waals surface area (Å²) in [6.07, 6.45) is 0.638. The fourth-order valence-corrected chi connectivity index (χ4v) is 8.94. The van der Waals surface area contributed by atoms with Crippen molar-refractivity contribution < 1.29 is 38.5 Å². The highest BCUT2D eigenvalue weighted by Crippen LogP contribution is 2.15. The molecule has 0 saturated heterocycles. The van der Waals surface area contributed by atoms with Gasteiger partial charge in [-0.1, -0.05) is 11.8 Å². The number of ether oxygens (including phenoxy) is 1. The van der Waals surface area contributed by atoms with Gasteiger partial charge in [0.2, 0.25) is 6.40 Å². The summed E-state index contributed by atoms with van der Waals surface area (Å²) < 4.78 is 16.6. The predicted octanol–water partition coefficient (Wildman–Crippen LogP) is 3.00. The SMILES string of the molecule is O=C(NCSCSC/N=C\S(=O)CCSCSCCSC(=O)NCSCSC/N=C\OOCCO)OCCO. The van der Waals surface area contributed by atoms with Crippen LogP contribution in [-0.2, 0) is 25.3 Å². The molecule has 0 aliphatic carbocycles. The maximum absolute atomic E-state index is 11.9. The second-order valence-electron chi connectivity index (χ2n) is 6.19. The molecule has 12 nitrogen and oxygen atoms in total. The molecule has 0 fully saturated rings. The largest absolute Gasteiger partial charge is 0.447 e. The number of aliphatic imine (C=N–C) groups is 2. The van der Waals surface area contributed by atoms with E-state index in [0.717, 1.165) is 32.5 Å². The van der Waals surface area contributed by atoms with E-state index in [1.807, 2.05) is 0 Å². The molecule has 0 aliphatic heterocycles. The standard InChI is InChI=1S/C19H36N4O8S8/c24-1-3-29-18(26)22-12-36-17-35-11-21-14-39(28)8-7-33-15-32-5-6-38-19(27)23-13-37-16-34-10-20-9-31-30-4-2-25/h9,14,24-25H,1-8,10-13,15-17H2,(H,22,26)(H,23,27)/b20-9-,21-14-. The molecular weight excluding hydrogens is 669 g/mol. The third kappa shape index (κ3) is 32.7. The maximum atomic E-state index is 11.9. The molecule has 0 aliphatic rings. The van der Waals surface area contributed by atoms with E-state index >= 15 is 0 Å². The molecule has 1 atom stereocenters. The highest BCUT2D eigenvalue weighted by Gasteiger charge is 2.02. The van der Waals surface area contributed by atoms with Gasteiger partial charge in [0.15, 0.2) is 0 Å². The summed E-state index contributed by atoms with van der Waals surface area (Å²) in [6.45, 7) is -0.224. The van der Waals surface area contributed by atoms with Crippen molar-refractivity contribution in [2.75, 3.05) is 88.2 Å². The summed E-state index contributed by atoms with van der Waals surface area (Å²) in [6, 6.07) is 0. The zero-order valence-corrected chi connectivity index (χ0v) is 27.8. The molecule has 0 heterocycles. The lowest BCUT2D eigenvalue weighted by Crippen LogP contribution is -2.24. The van der Waals surface area contributed by atoms with Crippen molar-refractivity contribution in [1.29, 1.82) is 0 Å². The summed E-state index contributed by atoms with van der Waals surface area (Å²) in [4.78, 5) is 40.2. The van der Waals surface area contributed by atoms with Crippen LogP contribution < -0.4 is 10.6 Å². The van der Waals surface area contributed by atoms with Gasteiger partial charge in [0.25, 0.3) is 5.24 Å². The van der Waals surface area contributed by atoms with Crippen LogP contribution in [0.15, 0.2) is 9.98 Å². The maximum Gasteiger partial charge on any atom is 0.407 e. The Labute approximate surface area is 262 Å². The number of amides is 2. The number of thioether (sulfide) groups is 7. The van der Waals surface area contributed by atoms with Crippen LogP contribution in [0.3, 0.4) is 0 Å². The minimum Gasteiger partial charge on any atom is -0.447 e. The first-order chi connectivity index (χ1) is 19.1. The Hall–Kier alpha value is 0.360. The van der Waals surface area contributed by atoms with Crippen molar-refractivity contribution in [3.05, 3.63) is 0 Å².